The third-order valence-electron chi connectivity index (χ3n) is 4.96. The molecule has 2 aromatic heterocycles. The molecule has 12 heteroatoms. The Morgan fingerprint density at radius 1 is 1.25 bits per heavy atom. The van der Waals surface area contributed by atoms with Gasteiger partial charge < -0.3 is 10.1 Å². The van der Waals surface area contributed by atoms with Crippen LogP contribution in [0.3, 0.4) is 0 Å². The highest BCUT2D eigenvalue weighted by atomic mass is 32.2. The number of ether oxygens (including phenoxy) is 1. The Morgan fingerprint density at radius 2 is 1.97 bits per heavy atom. The lowest BCUT2D eigenvalue weighted by Crippen LogP contribution is -2.19. The molecule has 0 amide bonds. The number of anilines is 1. The van der Waals surface area contributed by atoms with Gasteiger partial charge in [0.05, 0.1) is 17.8 Å². The fraction of sp³-hybridized carbons (Fsp3) is 0.300. The molecule has 0 spiro atoms. The van der Waals surface area contributed by atoms with Crippen LogP contribution in [0.25, 0.3) is 11.3 Å². The lowest BCUT2D eigenvalue weighted by molar-refractivity contribution is -0.137. The van der Waals surface area contributed by atoms with Crippen molar-refractivity contribution in [3.8, 4) is 17.3 Å². The first-order valence-electron chi connectivity index (χ1n) is 9.64. The third-order valence-corrected chi connectivity index (χ3v) is 6.34. The number of hydrogen-bond acceptors (Lipinski definition) is 6. The Balaban J connectivity index is 1.65. The van der Waals surface area contributed by atoms with Gasteiger partial charge in [-0.1, -0.05) is 12.1 Å². The first-order chi connectivity index (χ1) is 15.1. The van der Waals surface area contributed by atoms with Crippen molar-refractivity contribution in [3.05, 3.63) is 53.9 Å². The van der Waals surface area contributed by atoms with Gasteiger partial charge >= 0.3 is 6.18 Å². The van der Waals surface area contributed by atoms with Crippen molar-refractivity contribution in [1.29, 1.82) is 0 Å². The SMILES string of the molecule is CNS(=O)(=O)c1cnc(NCc2ccc(C(F)(F)F)cc2)c(-c2cn3c(n2)OC(C)C3)c1. The number of pyridine rings is 1. The molecule has 0 bridgehead atoms. The van der Waals surface area contributed by atoms with E-state index in [1.54, 1.807) is 6.20 Å². The van der Waals surface area contributed by atoms with Gasteiger partial charge in [-0.05, 0) is 37.7 Å². The van der Waals surface area contributed by atoms with E-state index in [1.165, 1.54) is 31.4 Å². The smallest absolute Gasteiger partial charge is 0.416 e. The van der Waals surface area contributed by atoms with Gasteiger partial charge in [0.25, 0.3) is 6.01 Å². The van der Waals surface area contributed by atoms with Crippen molar-refractivity contribution in [3.63, 3.8) is 0 Å². The minimum Gasteiger partial charge on any atom is -0.460 e. The summed E-state index contributed by atoms with van der Waals surface area (Å²) in [5.41, 5.74) is 0.750. The summed E-state index contributed by atoms with van der Waals surface area (Å²) in [5.74, 6) is 0.338. The average molecular weight is 467 g/mol. The van der Waals surface area contributed by atoms with Gasteiger partial charge in [0.1, 0.15) is 16.8 Å². The quantitative estimate of drug-likeness (QED) is 0.578. The lowest BCUT2D eigenvalue weighted by atomic mass is 10.1. The summed E-state index contributed by atoms with van der Waals surface area (Å²) in [6, 6.07) is 6.61. The molecule has 3 aromatic rings. The molecule has 0 saturated heterocycles. The highest BCUT2D eigenvalue weighted by molar-refractivity contribution is 7.89. The Kier molecular flexibility index (Phi) is 5.59. The molecule has 1 unspecified atom stereocenters. The molecule has 2 N–H and O–H groups in total. The van der Waals surface area contributed by atoms with Gasteiger partial charge in [-0.25, -0.2) is 18.1 Å². The molecule has 0 saturated carbocycles. The number of hydrogen-bond donors (Lipinski definition) is 2. The van der Waals surface area contributed by atoms with Crippen LogP contribution in [0.1, 0.15) is 18.1 Å². The molecular weight excluding hydrogens is 447 g/mol. The highest BCUT2D eigenvalue weighted by Crippen LogP contribution is 2.33. The third kappa shape index (κ3) is 4.41. The molecule has 170 valence electrons. The number of nitrogens with zero attached hydrogens (tertiary/aromatic N) is 3. The molecule has 1 aromatic carbocycles. The van der Waals surface area contributed by atoms with E-state index >= 15 is 0 Å². The Labute approximate surface area is 182 Å². The summed E-state index contributed by atoms with van der Waals surface area (Å²) >= 11 is 0. The average Bonchev–Trinajstić information content (AvgIpc) is 3.29. The van der Waals surface area contributed by atoms with Crippen LogP contribution in [0.2, 0.25) is 0 Å². The minimum atomic E-state index is -4.41. The summed E-state index contributed by atoms with van der Waals surface area (Å²) in [4.78, 5) is 8.63. The van der Waals surface area contributed by atoms with E-state index in [2.05, 4.69) is 20.0 Å². The predicted octanol–water partition coefficient (Wildman–Crippen LogP) is 3.27. The number of nitrogens with one attached hydrogen (secondary N) is 2. The molecule has 0 fully saturated rings. The van der Waals surface area contributed by atoms with Crippen molar-refractivity contribution in [2.45, 2.75) is 37.2 Å². The maximum Gasteiger partial charge on any atom is 0.416 e. The molecule has 1 aliphatic rings. The number of imidazole rings is 1. The van der Waals surface area contributed by atoms with Crippen LogP contribution in [-0.2, 0) is 29.3 Å². The van der Waals surface area contributed by atoms with Crippen LogP contribution in [0.5, 0.6) is 6.01 Å². The van der Waals surface area contributed by atoms with Gasteiger partial charge in [0, 0.05) is 24.5 Å². The number of halogens is 3. The molecular formula is C20H20F3N5O3S. The van der Waals surface area contributed by atoms with Gasteiger partial charge in [0.2, 0.25) is 10.0 Å². The van der Waals surface area contributed by atoms with Crippen LogP contribution in [0.4, 0.5) is 19.0 Å². The molecule has 32 heavy (non-hydrogen) atoms. The van der Waals surface area contributed by atoms with Crippen molar-refractivity contribution >= 4 is 15.8 Å². The minimum absolute atomic E-state index is 0.0158. The standard InChI is InChI=1S/C20H20F3N5O3S/c1-12-10-28-11-17(27-19(28)31-12)16-7-15(32(29,30)24-2)9-26-18(16)25-8-13-3-5-14(6-4-13)20(21,22)23/h3-7,9,11-12,24H,8,10H2,1-2H3,(H,25,26). The molecule has 0 aliphatic carbocycles. The fourth-order valence-corrected chi connectivity index (χ4v) is 3.99. The summed E-state index contributed by atoms with van der Waals surface area (Å²) in [6.07, 6.45) is -1.48. The van der Waals surface area contributed by atoms with Crippen molar-refractivity contribution in [2.75, 3.05) is 12.4 Å². The molecule has 0 radical (unpaired) electrons. The van der Waals surface area contributed by atoms with E-state index in [9.17, 15) is 21.6 Å². The highest BCUT2D eigenvalue weighted by Gasteiger charge is 2.30. The van der Waals surface area contributed by atoms with E-state index in [0.29, 0.717) is 35.2 Å². The summed E-state index contributed by atoms with van der Waals surface area (Å²) in [6.45, 7) is 2.70. The van der Waals surface area contributed by atoms with Crippen LogP contribution in [0, 0.1) is 0 Å². The first-order valence-corrected chi connectivity index (χ1v) is 11.1. The van der Waals surface area contributed by atoms with E-state index in [1.807, 2.05) is 11.5 Å². The molecule has 4 rings (SSSR count). The number of benzene rings is 1. The van der Waals surface area contributed by atoms with Crippen LogP contribution < -0.4 is 14.8 Å². The van der Waals surface area contributed by atoms with Crippen LogP contribution in [0.15, 0.2) is 47.6 Å². The van der Waals surface area contributed by atoms with E-state index in [0.717, 1.165) is 12.1 Å². The number of rotatable bonds is 6. The van der Waals surface area contributed by atoms with Crippen LogP contribution >= 0.6 is 0 Å². The second-order valence-electron chi connectivity index (χ2n) is 7.31. The Hall–Kier alpha value is -3.12. The molecule has 1 aliphatic heterocycles. The van der Waals surface area contributed by atoms with Gasteiger partial charge in [-0.2, -0.15) is 18.2 Å². The zero-order valence-corrected chi connectivity index (χ0v) is 18.0. The van der Waals surface area contributed by atoms with E-state index in [4.69, 9.17) is 4.74 Å². The largest absolute Gasteiger partial charge is 0.460 e. The maximum absolute atomic E-state index is 12.8. The summed E-state index contributed by atoms with van der Waals surface area (Å²) < 4.78 is 72.5. The summed E-state index contributed by atoms with van der Waals surface area (Å²) in [5, 5.41) is 3.06. The maximum atomic E-state index is 12.8. The normalized spacial score (nSPS) is 16.0. The molecule has 8 nitrogen and oxygen atoms in total. The van der Waals surface area contributed by atoms with E-state index in [-0.39, 0.29) is 17.5 Å². The van der Waals surface area contributed by atoms with Crippen molar-refractivity contribution in [1.82, 2.24) is 19.3 Å². The van der Waals surface area contributed by atoms with Crippen LogP contribution in [-0.4, -0.2) is 36.1 Å². The molecule has 1 atom stereocenters. The summed E-state index contributed by atoms with van der Waals surface area (Å²) in [7, 11) is -2.45. The number of alkyl halides is 3. The van der Waals surface area contributed by atoms with Gasteiger partial charge in [-0.3, -0.25) is 4.57 Å². The number of aromatic nitrogens is 3. The zero-order valence-electron chi connectivity index (χ0n) is 17.1. The zero-order chi connectivity index (χ0) is 23.1. The fourth-order valence-electron chi connectivity index (χ4n) is 3.29. The van der Waals surface area contributed by atoms with Crippen molar-refractivity contribution in [2.24, 2.45) is 0 Å². The topological polar surface area (TPSA) is 98.1 Å². The predicted molar refractivity (Wildman–Crippen MR) is 111 cm³/mol. The van der Waals surface area contributed by atoms with Crippen molar-refractivity contribution < 1.29 is 26.3 Å². The lowest BCUT2D eigenvalue weighted by Gasteiger charge is -2.13. The number of fused-ring (bicyclic) bond motifs is 1. The van der Waals surface area contributed by atoms with Gasteiger partial charge in [-0.15, -0.1) is 0 Å². The number of sulfonamides is 1. The van der Waals surface area contributed by atoms with Gasteiger partial charge in [0.15, 0.2) is 0 Å². The second kappa shape index (κ2) is 8.10. The monoisotopic (exact) mass is 467 g/mol. The Morgan fingerprint density at radius 3 is 2.59 bits per heavy atom. The Bertz CT molecular complexity index is 1220. The second-order valence-corrected chi connectivity index (χ2v) is 9.20. The first kappa shape index (κ1) is 22.1. The van der Waals surface area contributed by atoms with E-state index < -0.39 is 21.8 Å². The molecule has 3 heterocycles.